The first-order valence-corrected chi connectivity index (χ1v) is 14.1. The fourth-order valence-electron chi connectivity index (χ4n) is 5.56. The van der Waals surface area contributed by atoms with Crippen LogP contribution in [-0.2, 0) is 22.4 Å². The van der Waals surface area contributed by atoms with Crippen LogP contribution in [-0.4, -0.2) is 48.5 Å². The lowest BCUT2D eigenvalue weighted by atomic mass is 9.72. The Bertz CT molecular complexity index is 1170. The maximum absolute atomic E-state index is 12.7. The van der Waals surface area contributed by atoms with Gasteiger partial charge in [0.25, 0.3) is 0 Å². The van der Waals surface area contributed by atoms with Crippen molar-refractivity contribution in [3.8, 4) is 11.8 Å². The zero-order valence-electron chi connectivity index (χ0n) is 22.2. The van der Waals surface area contributed by atoms with Crippen LogP contribution >= 0.6 is 0 Å². The number of nitrogens with one attached hydrogen (secondary N) is 2. The molecule has 1 heterocycles. The highest BCUT2D eigenvalue weighted by Crippen LogP contribution is 2.49. The molecule has 38 heavy (non-hydrogen) atoms. The zero-order valence-corrected chi connectivity index (χ0v) is 22.2. The van der Waals surface area contributed by atoms with Crippen molar-refractivity contribution in [3.63, 3.8) is 0 Å². The summed E-state index contributed by atoms with van der Waals surface area (Å²) in [5.74, 6) is 1.28. The van der Waals surface area contributed by atoms with E-state index >= 15 is 0 Å². The van der Waals surface area contributed by atoms with Gasteiger partial charge in [0, 0.05) is 24.6 Å². The van der Waals surface area contributed by atoms with E-state index in [1.807, 2.05) is 18.2 Å². The van der Waals surface area contributed by atoms with Crippen molar-refractivity contribution in [2.75, 3.05) is 19.8 Å². The maximum Gasteiger partial charge on any atom is 0.246 e. The van der Waals surface area contributed by atoms with Gasteiger partial charge in [0.05, 0.1) is 30.4 Å². The molecule has 0 radical (unpaired) electrons. The molecule has 2 saturated carbocycles. The van der Waals surface area contributed by atoms with Gasteiger partial charge in [-0.3, -0.25) is 4.79 Å². The number of aliphatic hydroxyl groups is 1. The average molecular weight is 518 g/mol. The van der Waals surface area contributed by atoms with Crippen molar-refractivity contribution in [1.82, 2.24) is 10.6 Å². The molecule has 202 valence electrons. The molecule has 2 fully saturated rings. The van der Waals surface area contributed by atoms with Crippen molar-refractivity contribution in [2.24, 2.45) is 5.92 Å². The van der Waals surface area contributed by atoms with Crippen molar-refractivity contribution < 1.29 is 19.4 Å². The number of fused-ring (bicyclic) bond motifs is 1. The number of hydrogen-bond donors (Lipinski definition) is 3. The number of carbonyl (C=O) groups excluding carboxylic acids is 1. The van der Waals surface area contributed by atoms with Crippen LogP contribution in [0, 0.1) is 17.2 Å². The van der Waals surface area contributed by atoms with E-state index in [9.17, 15) is 15.2 Å². The van der Waals surface area contributed by atoms with E-state index < -0.39 is 12.1 Å². The first-order chi connectivity index (χ1) is 18.5. The topological polar surface area (TPSA) is 104 Å². The zero-order chi connectivity index (χ0) is 26.5. The van der Waals surface area contributed by atoms with Gasteiger partial charge < -0.3 is 25.2 Å². The van der Waals surface area contributed by atoms with Gasteiger partial charge in [-0.05, 0) is 80.2 Å². The molecule has 1 spiro atoms. The molecule has 1 amide bonds. The minimum Gasteiger partial charge on any atom is -0.487 e. The highest BCUT2D eigenvalue weighted by atomic mass is 16.5. The SMILES string of the molecule is CCc1ccc2c(c1)[C@@H](NC[C@H](O)[C@H](Cc1cccc(C#N)c1)NC(=O)COCC1CC1)CC1(CCC1)O2. The maximum atomic E-state index is 12.7. The van der Waals surface area contributed by atoms with Crippen LogP contribution in [0.4, 0.5) is 0 Å². The summed E-state index contributed by atoms with van der Waals surface area (Å²) >= 11 is 0. The second-order valence-electron chi connectivity index (χ2n) is 11.2. The molecule has 0 saturated heterocycles. The number of aliphatic hydroxyl groups excluding tert-OH is 1. The van der Waals surface area contributed by atoms with Crippen LogP contribution in [0.2, 0.25) is 0 Å². The normalized spacial score (nSPS) is 20.9. The number of nitriles is 1. The van der Waals surface area contributed by atoms with E-state index in [-0.39, 0.29) is 24.2 Å². The lowest BCUT2D eigenvalue weighted by Crippen LogP contribution is -2.52. The Morgan fingerprint density at radius 3 is 2.79 bits per heavy atom. The fourth-order valence-corrected chi connectivity index (χ4v) is 5.56. The first kappa shape index (κ1) is 26.7. The van der Waals surface area contributed by atoms with Crippen LogP contribution in [0.1, 0.15) is 73.7 Å². The molecule has 0 unspecified atom stereocenters. The predicted molar refractivity (Wildman–Crippen MR) is 145 cm³/mol. The van der Waals surface area contributed by atoms with Gasteiger partial charge in [-0.1, -0.05) is 31.2 Å². The number of ether oxygens (including phenoxy) is 2. The number of amides is 1. The molecule has 2 aliphatic carbocycles. The number of rotatable bonds is 12. The molecular weight excluding hydrogens is 478 g/mol. The largest absolute Gasteiger partial charge is 0.487 e. The summed E-state index contributed by atoms with van der Waals surface area (Å²) in [4.78, 5) is 12.7. The highest BCUT2D eigenvalue weighted by Gasteiger charge is 2.45. The number of hydrogen-bond acceptors (Lipinski definition) is 6. The molecule has 7 heteroatoms. The minimum absolute atomic E-state index is 0.0129. The number of aryl methyl sites for hydroxylation is 1. The second-order valence-corrected chi connectivity index (χ2v) is 11.2. The van der Waals surface area contributed by atoms with Gasteiger partial charge in [0.2, 0.25) is 5.91 Å². The summed E-state index contributed by atoms with van der Waals surface area (Å²) in [5, 5.41) is 27.3. The van der Waals surface area contributed by atoms with Gasteiger partial charge >= 0.3 is 0 Å². The molecule has 5 rings (SSSR count). The Kier molecular flexibility index (Phi) is 8.32. The second kappa shape index (κ2) is 11.9. The van der Waals surface area contributed by atoms with Gasteiger partial charge in [-0.2, -0.15) is 5.26 Å². The quantitative estimate of drug-likeness (QED) is 0.394. The summed E-state index contributed by atoms with van der Waals surface area (Å²) < 4.78 is 12.0. The summed E-state index contributed by atoms with van der Waals surface area (Å²) in [6.45, 7) is 3.06. The van der Waals surface area contributed by atoms with Crippen molar-refractivity contribution in [1.29, 1.82) is 5.26 Å². The van der Waals surface area contributed by atoms with E-state index in [1.165, 1.54) is 24.8 Å². The molecule has 2 aromatic rings. The highest BCUT2D eigenvalue weighted by molar-refractivity contribution is 5.77. The summed E-state index contributed by atoms with van der Waals surface area (Å²) in [5.41, 5.74) is 3.74. The summed E-state index contributed by atoms with van der Waals surface area (Å²) in [6.07, 6.45) is 7.03. The monoisotopic (exact) mass is 517 g/mol. The standard InChI is InChI=1S/C31H39N3O4/c1-2-21-9-10-29-25(14-21)27(16-31(38-29)11-4-12-31)33-18-28(35)26(15-23-5-3-6-24(13-23)17-32)34-30(36)20-37-19-22-7-8-22/h3,5-6,9-10,13-14,22,26-28,33,35H,2,4,7-8,11-12,15-16,18-20H2,1H3,(H,34,36)/t26-,27-,28-/m0/s1. The van der Waals surface area contributed by atoms with Gasteiger partial charge in [0.15, 0.2) is 0 Å². The van der Waals surface area contributed by atoms with Crippen LogP contribution in [0.5, 0.6) is 5.75 Å². The molecule has 2 aromatic carbocycles. The first-order valence-electron chi connectivity index (χ1n) is 14.1. The number of benzene rings is 2. The number of nitrogens with zero attached hydrogens (tertiary/aromatic N) is 1. The van der Waals surface area contributed by atoms with Gasteiger partial charge in [-0.25, -0.2) is 0 Å². The van der Waals surface area contributed by atoms with Crippen molar-refractivity contribution in [2.45, 2.75) is 82.1 Å². The van der Waals surface area contributed by atoms with Crippen LogP contribution in [0.25, 0.3) is 0 Å². The average Bonchev–Trinajstić information content (AvgIpc) is 3.74. The Morgan fingerprint density at radius 2 is 2.08 bits per heavy atom. The lowest BCUT2D eigenvalue weighted by Gasteiger charge is -2.48. The van der Waals surface area contributed by atoms with Crippen LogP contribution in [0.3, 0.4) is 0 Å². The Hall–Kier alpha value is -2.92. The molecule has 3 N–H and O–H groups in total. The molecule has 3 atom stereocenters. The van der Waals surface area contributed by atoms with E-state index in [2.05, 4.69) is 41.8 Å². The minimum atomic E-state index is -0.828. The van der Waals surface area contributed by atoms with Crippen LogP contribution in [0.15, 0.2) is 42.5 Å². The molecule has 1 aliphatic heterocycles. The number of carbonyl (C=O) groups is 1. The Morgan fingerprint density at radius 1 is 1.24 bits per heavy atom. The molecule has 0 aromatic heterocycles. The van der Waals surface area contributed by atoms with Crippen molar-refractivity contribution >= 4 is 5.91 Å². The smallest absolute Gasteiger partial charge is 0.246 e. The van der Waals surface area contributed by atoms with Gasteiger partial charge in [-0.15, -0.1) is 0 Å². The molecule has 3 aliphatic rings. The summed E-state index contributed by atoms with van der Waals surface area (Å²) in [7, 11) is 0. The van der Waals surface area contributed by atoms with E-state index in [1.54, 1.807) is 6.07 Å². The fraction of sp³-hybridized carbons (Fsp3) is 0.548. The molecule has 7 nitrogen and oxygen atoms in total. The van der Waals surface area contributed by atoms with Crippen molar-refractivity contribution in [3.05, 3.63) is 64.7 Å². The van der Waals surface area contributed by atoms with E-state index in [4.69, 9.17) is 9.47 Å². The predicted octanol–water partition coefficient (Wildman–Crippen LogP) is 3.97. The summed E-state index contributed by atoms with van der Waals surface area (Å²) in [6, 6.07) is 15.5. The molecule has 0 bridgehead atoms. The van der Waals surface area contributed by atoms with E-state index in [0.29, 0.717) is 31.1 Å². The third kappa shape index (κ3) is 6.55. The third-order valence-electron chi connectivity index (χ3n) is 8.20. The Labute approximate surface area is 225 Å². The Balaban J connectivity index is 1.27. The van der Waals surface area contributed by atoms with E-state index in [0.717, 1.165) is 42.6 Å². The third-order valence-corrected chi connectivity index (χ3v) is 8.20. The lowest BCUT2D eigenvalue weighted by molar-refractivity contribution is -0.127. The van der Waals surface area contributed by atoms with Crippen LogP contribution < -0.4 is 15.4 Å². The molecular formula is C31H39N3O4. The van der Waals surface area contributed by atoms with Gasteiger partial charge in [0.1, 0.15) is 18.0 Å².